The average Bonchev–Trinajstić information content (AvgIpc) is 3.07. The van der Waals surface area contributed by atoms with Crippen molar-refractivity contribution in [1.29, 1.82) is 0 Å². The first-order valence-corrected chi connectivity index (χ1v) is 20.5. The summed E-state index contributed by atoms with van der Waals surface area (Å²) in [5, 5.41) is 4.81. The first kappa shape index (κ1) is 33.2. The van der Waals surface area contributed by atoms with Gasteiger partial charge in [-0.25, -0.2) is 0 Å². The summed E-state index contributed by atoms with van der Waals surface area (Å²) in [6, 6.07) is 45.9. The average molecular weight is 733 g/mol. The van der Waals surface area contributed by atoms with Crippen molar-refractivity contribution in [3.8, 4) is 0 Å². The second kappa shape index (κ2) is 14.2. The fourth-order valence-corrected chi connectivity index (χ4v) is 16.3. The molecule has 0 atom stereocenters. The van der Waals surface area contributed by atoms with Crippen molar-refractivity contribution in [2.45, 2.75) is 12.4 Å². The van der Waals surface area contributed by atoms with Gasteiger partial charge in [0, 0.05) is 0 Å². The van der Waals surface area contributed by atoms with Crippen molar-refractivity contribution in [3.05, 3.63) is 169 Å². The quantitative estimate of drug-likeness (QED) is 0.0972. The van der Waals surface area contributed by atoms with Gasteiger partial charge in [0.05, 0.1) is 0 Å². The molecular formula is C38H28F6GeP2. The van der Waals surface area contributed by atoms with E-state index in [4.69, 9.17) is 0 Å². The van der Waals surface area contributed by atoms with Gasteiger partial charge in [-0.3, -0.25) is 0 Å². The van der Waals surface area contributed by atoms with E-state index in [2.05, 4.69) is 0 Å². The first-order chi connectivity index (χ1) is 22.6. The normalized spacial score (nSPS) is 12.1. The number of halogens is 6. The van der Waals surface area contributed by atoms with Crippen LogP contribution in [-0.4, -0.2) is 15.4 Å². The topological polar surface area (TPSA) is 0 Å². The molecule has 0 aromatic heterocycles. The van der Waals surface area contributed by atoms with E-state index in [0.29, 0.717) is 10.6 Å². The fourth-order valence-electron chi connectivity index (χ4n) is 5.56. The van der Waals surface area contributed by atoms with Crippen LogP contribution in [0, 0.1) is 0 Å². The summed E-state index contributed by atoms with van der Waals surface area (Å²) in [6.07, 6.45) is -9.10. The summed E-state index contributed by atoms with van der Waals surface area (Å²) in [5.74, 6) is 0. The third-order valence-electron chi connectivity index (χ3n) is 7.75. The van der Waals surface area contributed by atoms with E-state index < -0.39 is 54.8 Å². The molecule has 6 aromatic rings. The maximum absolute atomic E-state index is 14.2. The van der Waals surface area contributed by atoms with E-state index in [-0.39, 0.29) is 0 Å². The van der Waals surface area contributed by atoms with Gasteiger partial charge in [0.25, 0.3) is 0 Å². The Morgan fingerprint density at radius 3 is 0.894 bits per heavy atom. The Hall–Kier alpha value is -3.70. The van der Waals surface area contributed by atoms with E-state index in [1.807, 2.05) is 121 Å². The molecule has 0 aliphatic rings. The third-order valence-corrected chi connectivity index (χ3v) is 18.2. The summed E-state index contributed by atoms with van der Waals surface area (Å²) in [7, 11) is -2.78. The van der Waals surface area contributed by atoms with Gasteiger partial charge >= 0.3 is 279 Å². The van der Waals surface area contributed by atoms with Crippen molar-refractivity contribution >= 4 is 71.9 Å². The van der Waals surface area contributed by atoms with Gasteiger partial charge < -0.3 is 0 Å². The summed E-state index contributed by atoms with van der Waals surface area (Å²) < 4.78 is 86.9. The minimum absolute atomic E-state index is 0.599. The molecule has 0 aliphatic heterocycles. The minimum atomic E-state index is -4.55. The number of hydrogen-bond donors (Lipinski definition) is 0. The van der Waals surface area contributed by atoms with Crippen LogP contribution in [0.15, 0.2) is 158 Å². The second-order valence-corrected chi connectivity index (χ2v) is 19.2. The van der Waals surface area contributed by atoms with Gasteiger partial charge in [-0.15, -0.1) is 0 Å². The molecule has 0 bridgehead atoms. The molecule has 0 saturated carbocycles. The molecule has 6 rings (SSSR count). The maximum atomic E-state index is 14.2. The molecule has 0 amide bonds. The predicted octanol–water partition coefficient (Wildman–Crippen LogP) is 6.36. The van der Waals surface area contributed by atoms with Gasteiger partial charge in [0.15, 0.2) is 0 Å². The molecule has 9 heteroatoms. The van der Waals surface area contributed by atoms with Crippen LogP contribution in [0.1, 0.15) is 11.1 Å². The summed E-state index contributed by atoms with van der Waals surface area (Å²) in [4.78, 5) is 0. The predicted molar refractivity (Wildman–Crippen MR) is 188 cm³/mol. The van der Waals surface area contributed by atoms with Crippen LogP contribution in [-0.2, 0) is 12.4 Å². The molecule has 236 valence electrons. The standard InChI is InChI=1S/C38H28F6GeP2/c39-37(40,41)27-21-23-33(35(25-27)46(29-13-5-1-6-14-29)30-15-7-2-8-16-30)45-34-24-22-28(38(42,43)44)26-36(34)47(31-17-9-3-10-18-31)32-19-11-4-12-20-32/h1-26H,45H2. The first-order valence-electron chi connectivity index (χ1n) is 14.8. The van der Waals surface area contributed by atoms with Gasteiger partial charge in [-0.1, -0.05) is 0 Å². The van der Waals surface area contributed by atoms with Gasteiger partial charge in [0.2, 0.25) is 0 Å². The van der Waals surface area contributed by atoms with Crippen molar-refractivity contribution in [2.24, 2.45) is 0 Å². The van der Waals surface area contributed by atoms with Crippen molar-refractivity contribution in [1.82, 2.24) is 0 Å². The molecule has 0 fully saturated rings. The Morgan fingerprint density at radius 2 is 0.638 bits per heavy atom. The molecule has 47 heavy (non-hydrogen) atoms. The summed E-state index contributed by atoms with van der Waals surface area (Å²) >= 11 is -2.24. The fraction of sp³-hybridized carbons (Fsp3) is 0.0526. The van der Waals surface area contributed by atoms with Gasteiger partial charge in [-0.05, 0) is 0 Å². The van der Waals surface area contributed by atoms with Gasteiger partial charge in [-0.2, -0.15) is 0 Å². The number of alkyl halides is 6. The molecule has 0 unspecified atom stereocenters. The van der Waals surface area contributed by atoms with Crippen LogP contribution in [0.3, 0.4) is 0 Å². The van der Waals surface area contributed by atoms with Crippen molar-refractivity contribution < 1.29 is 26.3 Å². The Kier molecular flexibility index (Phi) is 10.0. The number of benzene rings is 6. The Morgan fingerprint density at radius 1 is 0.362 bits per heavy atom. The van der Waals surface area contributed by atoms with E-state index in [9.17, 15) is 26.3 Å². The Labute approximate surface area is 278 Å². The summed E-state index contributed by atoms with van der Waals surface area (Å²) in [6.45, 7) is 0. The van der Waals surface area contributed by atoms with Crippen LogP contribution >= 0.6 is 15.8 Å². The number of rotatable bonds is 8. The van der Waals surface area contributed by atoms with E-state index in [0.717, 1.165) is 42.1 Å². The van der Waals surface area contributed by atoms with Gasteiger partial charge in [0.1, 0.15) is 0 Å². The van der Waals surface area contributed by atoms with Crippen LogP contribution in [0.5, 0.6) is 0 Å². The zero-order valence-electron chi connectivity index (χ0n) is 24.9. The van der Waals surface area contributed by atoms with E-state index in [1.54, 1.807) is 12.1 Å². The Bertz CT molecular complexity index is 1710. The van der Waals surface area contributed by atoms with Crippen LogP contribution < -0.4 is 40.6 Å². The van der Waals surface area contributed by atoms with Crippen LogP contribution in [0.25, 0.3) is 0 Å². The molecular weight excluding hydrogens is 705 g/mol. The molecule has 6 aromatic carbocycles. The summed E-state index contributed by atoms with van der Waals surface area (Å²) in [5.41, 5.74) is -1.47. The van der Waals surface area contributed by atoms with Crippen molar-refractivity contribution in [2.75, 3.05) is 0 Å². The van der Waals surface area contributed by atoms with Crippen molar-refractivity contribution in [3.63, 3.8) is 0 Å². The molecule has 0 N–H and O–H groups in total. The van der Waals surface area contributed by atoms with Crippen LogP contribution in [0.2, 0.25) is 0 Å². The molecule has 0 spiro atoms. The monoisotopic (exact) mass is 734 g/mol. The SMILES string of the molecule is FC(F)(F)c1cc[c]([GeH2][c]2ccc(C(F)(F)F)cc2P(c2ccccc2)c2ccccc2)c(P(c2ccccc2)c2ccccc2)c1. The molecule has 0 nitrogen and oxygen atoms in total. The molecule has 0 aliphatic carbocycles. The Balaban J connectivity index is 1.58. The molecule has 0 saturated heterocycles. The molecule has 0 radical (unpaired) electrons. The van der Waals surface area contributed by atoms with Crippen LogP contribution in [0.4, 0.5) is 26.3 Å². The second-order valence-electron chi connectivity index (χ2n) is 10.9. The zero-order chi connectivity index (χ0) is 33.0. The molecule has 0 heterocycles. The van der Waals surface area contributed by atoms with E-state index in [1.165, 1.54) is 12.1 Å². The zero-order valence-corrected chi connectivity index (χ0v) is 29.6. The van der Waals surface area contributed by atoms with E-state index >= 15 is 0 Å². The third kappa shape index (κ3) is 7.73. The number of hydrogen-bond acceptors (Lipinski definition) is 0.